The average molecular weight is 697 g/mol. The summed E-state index contributed by atoms with van der Waals surface area (Å²) in [4.78, 5) is 48.6. The molecule has 0 saturated carbocycles. The van der Waals surface area contributed by atoms with Crippen LogP contribution in [-0.4, -0.2) is 110 Å². The van der Waals surface area contributed by atoms with E-state index >= 15 is 0 Å². The first-order valence-corrected chi connectivity index (χ1v) is 17.7. The normalized spacial score (nSPS) is 14.0. The number of likely N-dealkylation sites (tertiary alicyclic amines) is 1. The standard InChI is InChI=1S/C12H16O2.C10H19NO2.C9H18O3.C7H15NO2/c1-10(2)14-12(13)9-8-11-6-4-3-5-7-11;1-9(2)13-10(12)8-11-6-4-3-5-7-11;1-5-9(4,6-10)8(11)12-7(2)3;1-6(2)10-7(9)5-8(3)4/h3-7,10H,8-9H2,1-2H3;9H,3-8H2,1-2H3;7,10H,5-6H2,1-4H3;6H,5H2,1-4H3. The highest BCUT2D eigenvalue weighted by Gasteiger charge is 2.32. The molecular formula is C38H68N2O9. The third-order valence-corrected chi connectivity index (χ3v) is 6.77. The van der Waals surface area contributed by atoms with Crippen molar-refractivity contribution in [2.45, 2.75) is 132 Å². The molecule has 284 valence electrons. The van der Waals surface area contributed by atoms with Crippen molar-refractivity contribution >= 4 is 23.9 Å². The molecule has 0 spiro atoms. The summed E-state index contributed by atoms with van der Waals surface area (Å²) in [7, 11) is 3.67. The summed E-state index contributed by atoms with van der Waals surface area (Å²) < 4.78 is 20.0. The zero-order valence-electron chi connectivity index (χ0n) is 32.6. The van der Waals surface area contributed by atoms with Crippen LogP contribution in [0.25, 0.3) is 0 Å². The number of carbonyl (C=O) groups excluding carboxylic acids is 4. The van der Waals surface area contributed by atoms with Crippen LogP contribution in [0.1, 0.15) is 107 Å². The summed E-state index contributed by atoms with van der Waals surface area (Å²) in [6.45, 7) is 21.1. The lowest BCUT2D eigenvalue weighted by molar-refractivity contribution is -0.161. The average Bonchev–Trinajstić information content (AvgIpc) is 2.99. The van der Waals surface area contributed by atoms with Gasteiger partial charge in [-0.25, -0.2) is 0 Å². The molecule has 49 heavy (non-hydrogen) atoms. The zero-order valence-corrected chi connectivity index (χ0v) is 32.6. The second kappa shape index (κ2) is 27.8. The van der Waals surface area contributed by atoms with E-state index in [1.807, 2.05) is 92.9 Å². The Morgan fingerprint density at radius 1 is 0.755 bits per heavy atom. The molecule has 1 aliphatic rings. The molecule has 11 heteroatoms. The number of hydrogen-bond donors (Lipinski definition) is 1. The van der Waals surface area contributed by atoms with Crippen LogP contribution in [0.15, 0.2) is 30.3 Å². The van der Waals surface area contributed by atoms with Crippen LogP contribution in [0.5, 0.6) is 0 Å². The Morgan fingerprint density at radius 2 is 1.22 bits per heavy atom. The van der Waals surface area contributed by atoms with Gasteiger partial charge in [-0.15, -0.1) is 0 Å². The minimum atomic E-state index is -0.732. The van der Waals surface area contributed by atoms with Crippen LogP contribution >= 0.6 is 0 Å². The van der Waals surface area contributed by atoms with Gasteiger partial charge in [-0.05, 0) is 121 Å². The summed E-state index contributed by atoms with van der Waals surface area (Å²) in [6, 6.07) is 9.95. The predicted octanol–water partition coefficient (Wildman–Crippen LogP) is 5.84. The fraction of sp³-hybridized carbons (Fsp3) is 0.737. The maximum atomic E-state index is 11.4. The van der Waals surface area contributed by atoms with Gasteiger partial charge in [-0.1, -0.05) is 43.7 Å². The Labute approximate surface area is 297 Å². The van der Waals surface area contributed by atoms with Crippen LogP contribution in [0.3, 0.4) is 0 Å². The molecule has 0 aliphatic carbocycles. The highest BCUT2D eigenvalue weighted by atomic mass is 16.6. The number of ether oxygens (including phenoxy) is 4. The van der Waals surface area contributed by atoms with E-state index in [4.69, 9.17) is 24.1 Å². The quantitative estimate of drug-likeness (QED) is 0.186. The van der Waals surface area contributed by atoms with Gasteiger partial charge in [0.25, 0.3) is 0 Å². The maximum Gasteiger partial charge on any atom is 0.320 e. The monoisotopic (exact) mass is 696 g/mol. The third-order valence-electron chi connectivity index (χ3n) is 6.77. The van der Waals surface area contributed by atoms with Crippen molar-refractivity contribution in [2.24, 2.45) is 5.41 Å². The minimum absolute atomic E-state index is 0.00699. The molecule has 1 saturated heterocycles. The van der Waals surface area contributed by atoms with Crippen molar-refractivity contribution in [2.75, 3.05) is 46.9 Å². The number of likely N-dealkylation sites (N-methyl/N-ethyl adjacent to an activating group) is 1. The Hall–Kier alpha value is -3.02. The molecule has 0 radical (unpaired) electrons. The van der Waals surface area contributed by atoms with E-state index in [1.165, 1.54) is 24.8 Å². The molecule has 0 bridgehead atoms. The molecule has 1 atom stereocenters. The molecule has 1 N–H and O–H groups in total. The van der Waals surface area contributed by atoms with Gasteiger partial charge in [-0.3, -0.25) is 29.0 Å². The van der Waals surface area contributed by atoms with E-state index in [-0.39, 0.29) is 54.9 Å². The number of hydrogen-bond acceptors (Lipinski definition) is 11. The number of benzene rings is 1. The van der Waals surface area contributed by atoms with Crippen LogP contribution in [0, 0.1) is 5.41 Å². The molecule has 2 rings (SSSR count). The van der Waals surface area contributed by atoms with Gasteiger partial charge in [0.15, 0.2) is 0 Å². The lowest BCUT2D eigenvalue weighted by Gasteiger charge is -2.25. The molecule has 1 heterocycles. The number of aliphatic hydroxyl groups excluding tert-OH is 1. The van der Waals surface area contributed by atoms with E-state index in [1.54, 1.807) is 25.7 Å². The predicted molar refractivity (Wildman–Crippen MR) is 194 cm³/mol. The highest BCUT2D eigenvalue weighted by Crippen LogP contribution is 2.22. The van der Waals surface area contributed by atoms with E-state index in [0.717, 1.165) is 19.5 Å². The van der Waals surface area contributed by atoms with Crippen molar-refractivity contribution in [3.8, 4) is 0 Å². The fourth-order valence-electron chi connectivity index (χ4n) is 4.05. The summed E-state index contributed by atoms with van der Waals surface area (Å²) in [6.07, 6.45) is 5.42. The van der Waals surface area contributed by atoms with Crippen molar-refractivity contribution < 1.29 is 43.2 Å². The number of piperidine rings is 1. The van der Waals surface area contributed by atoms with Gasteiger partial charge in [0.2, 0.25) is 0 Å². The van der Waals surface area contributed by atoms with Crippen LogP contribution in [0.2, 0.25) is 0 Å². The van der Waals surface area contributed by atoms with Crippen molar-refractivity contribution in [1.29, 1.82) is 0 Å². The van der Waals surface area contributed by atoms with Gasteiger partial charge in [-0.2, -0.15) is 0 Å². The first-order chi connectivity index (χ1) is 22.8. The van der Waals surface area contributed by atoms with Crippen molar-refractivity contribution in [3.63, 3.8) is 0 Å². The molecule has 0 amide bonds. The number of aliphatic hydroxyl groups is 1. The Kier molecular flexibility index (Phi) is 27.2. The fourth-order valence-corrected chi connectivity index (χ4v) is 4.05. The van der Waals surface area contributed by atoms with E-state index < -0.39 is 5.41 Å². The summed E-state index contributed by atoms with van der Waals surface area (Å²) in [5, 5.41) is 8.97. The van der Waals surface area contributed by atoms with Gasteiger partial charge in [0.05, 0.1) is 49.5 Å². The van der Waals surface area contributed by atoms with Crippen LogP contribution in [0.4, 0.5) is 0 Å². The zero-order chi connectivity index (χ0) is 38.0. The van der Waals surface area contributed by atoms with Crippen molar-refractivity contribution in [1.82, 2.24) is 9.80 Å². The van der Waals surface area contributed by atoms with Crippen LogP contribution in [-0.2, 0) is 44.5 Å². The minimum Gasteiger partial charge on any atom is -0.463 e. The lowest BCUT2D eigenvalue weighted by atomic mass is 9.89. The smallest absolute Gasteiger partial charge is 0.320 e. The maximum absolute atomic E-state index is 11.4. The number of aryl methyl sites for hydroxylation is 1. The van der Waals surface area contributed by atoms with Crippen molar-refractivity contribution in [3.05, 3.63) is 35.9 Å². The number of nitrogens with zero attached hydrogens (tertiary/aromatic N) is 2. The second-order valence-electron chi connectivity index (χ2n) is 13.7. The Bertz CT molecular complexity index is 1010. The molecule has 11 nitrogen and oxygen atoms in total. The van der Waals surface area contributed by atoms with Gasteiger partial charge >= 0.3 is 23.9 Å². The number of esters is 4. The number of carbonyl (C=O) groups is 4. The molecule has 1 unspecified atom stereocenters. The molecule has 1 fully saturated rings. The molecule has 1 aromatic rings. The van der Waals surface area contributed by atoms with E-state index in [0.29, 0.717) is 25.9 Å². The second-order valence-corrected chi connectivity index (χ2v) is 13.7. The topological polar surface area (TPSA) is 132 Å². The molecule has 1 aliphatic heterocycles. The molecular weight excluding hydrogens is 628 g/mol. The highest BCUT2D eigenvalue weighted by molar-refractivity contribution is 5.76. The van der Waals surface area contributed by atoms with Gasteiger partial charge in [0.1, 0.15) is 0 Å². The Balaban J connectivity index is 0. The first kappa shape index (κ1) is 48.1. The SMILES string of the molecule is CC(C)OC(=O)CCc1ccccc1.CC(C)OC(=O)CN(C)C.CC(C)OC(=O)CN1CCCCC1.CCC(C)(CO)C(=O)OC(C)C. The summed E-state index contributed by atoms with van der Waals surface area (Å²) in [5.74, 6) is -0.691. The molecule has 0 aromatic heterocycles. The lowest BCUT2D eigenvalue weighted by Crippen LogP contribution is -2.35. The third kappa shape index (κ3) is 28.5. The summed E-state index contributed by atoms with van der Waals surface area (Å²) >= 11 is 0. The van der Waals surface area contributed by atoms with Crippen LogP contribution < -0.4 is 0 Å². The number of rotatable bonds is 14. The summed E-state index contributed by atoms with van der Waals surface area (Å²) in [5.41, 5.74) is 0.442. The van der Waals surface area contributed by atoms with Gasteiger partial charge in [0, 0.05) is 6.42 Å². The largest absolute Gasteiger partial charge is 0.463 e. The van der Waals surface area contributed by atoms with E-state index in [2.05, 4.69) is 4.90 Å². The Morgan fingerprint density at radius 3 is 1.65 bits per heavy atom. The van der Waals surface area contributed by atoms with E-state index in [9.17, 15) is 19.2 Å². The molecule has 1 aromatic carbocycles. The first-order valence-electron chi connectivity index (χ1n) is 17.7. The van der Waals surface area contributed by atoms with Gasteiger partial charge < -0.3 is 24.1 Å².